The maximum atomic E-state index is 11.5. The first-order chi connectivity index (χ1) is 8.58. The van der Waals surface area contributed by atoms with E-state index in [-0.39, 0.29) is 18.5 Å². The van der Waals surface area contributed by atoms with Gasteiger partial charge in [0.15, 0.2) is 0 Å². The Kier molecular flexibility index (Phi) is 6.21. The predicted molar refractivity (Wildman–Crippen MR) is 70.6 cm³/mol. The Bertz CT molecular complexity index is 379. The lowest BCUT2D eigenvalue weighted by atomic mass is 10.1. The van der Waals surface area contributed by atoms with Crippen LogP contribution in [0.1, 0.15) is 31.1 Å². The van der Waals surface area contributed by atoms with Crippen molar-refractivity contribution in [2.45, 2.75) is 38.8 Å². The minimum absolute atomic E-state index is 0.0207. The summed E-state index contributed by atoms with van der Waals surface area (Å²) in [5, 5.41) is 16.0. The monoisotopic (exact) mass is 270 g/mol. The molecule has 0 fully saturated rings. The molecule has 100 valence electrons. The zero-order chi connectivity index (χ0) is 13.4. The second-order valence-electron chi connectivity index (χ2n) is 4.09. The zero-order valence-electron chi connectivity index (χ0n) is 10.3. The lowest BCUT2D eigenvalue weighted by molar-refractivity contribution is -0.137. The highest BCUT2D eigenvalue weighted by atomic mass is 32.1. The molecule has 1 rings (SSSR count). The molecule has 0 spiro atoms. The molecule has 0 saturated carbocycles. The Morgan fingerprint density at radius 3 is 2.89 bits per heavy atom. The molecule has 6 heteroatoms. The van der Waals surface area contributed by atoms with Crippen LogP contribution in [0.25, 0.3) is 0 Å². The molecule has 1 atom stereocenters. The van der Waals surface area contributed by atoms with Gasteiger partial charge in [-0.05, 0) is 31.2 Å². The zero-order valence-corrected chi connectivity index (χ0v) is 11.1. The van der Waals surface area contributed by atoms with Gasteiger partial charge in [0.1, 0.15) is 0 Å². The molecule has 0 aliphatic heterocycles. The van der Waals surface area contributed by atoms with Crippen molar-refractivity contribution in [2.24, 2.45) is 0 Å². The van der Waals surface area contributed by atoms with Gasteiger partial charge in [-0.1, -0.05) is 6.07 Å². The van der Waals surface area contributed by atoms with Crippen LogP contribution < -0.4 is 10.6 Å². The molecule has 0 aromatic carbocycles. The number of rotatable bonds is 7. The summed E-state index contributed by atoms with van der Waals surface area (Å²) >= 11 is 1.59. The molecule has 1 unspecified atom stereocenters. The number of carbonyl (C=O) groups is 2. The average Bonchev–Trinajstić information content (AvgIpc) is 2.78. The standard InChI is InChI=1S/C12H18N2O3S/c1-9(4-2-6-11(15)16)14-12(17)13-8-10-5-3-7-18-10/h3,5,7,9H,2,4,6,8H2,1H3,(H,15,16)(H2,13,14,17). The van der Waals surface area contributed by atoms with Gasteiger partial charge in [0, 0.05) is 17.3 Å². The third-order valence-corrected chi connectivity index (χ3v) is 3.28. The fourth-order valence-corrected chi connectivity index (χ4v) is 2.13. The molecular formula is C12H18N2O3S. The number of amides is 2. The molecule has 18 heavy (non-hydrogen) atoms. The molecule has 0 bridgehead atoms. The van der Waals surface area contributed by atoms with Crippen molar-refractivity contribution in [3.05, 3.63) is 22.4 Å². The number of urea groups is 1. The maximum absolute atomic E-state index is 11.5. The van der Waals surface area contributed by atoms with Crippen molar-refractivity contribution >= 4 is 23.3 Å². The molecule has 0 radical (unpaired) electrons. The van der Waals surface area contributed by atoms with Crippen molar-refractivity contribution in [3.63, 3.8) is 0 Å². The number of aliphatic carboxylic acids is 1. The number of carbonyl (C=O) groups excluding carboxylic acids is 1. The van der Waals surface area contributed by atoms with Gasteiger partial charge >= 0.3 is 12.0 Å². The summed E-state index contributed by atoms with van der Waals surface area (Å²) in [6, 6.07) is 3.66. The number of thiophene rings is 1. The molecular weight excluding hydrogens is 252 g/mol. The van der Waals surface area contributed by atoms with E-state index in [1.165, 1.54) is 0 Å². The Morgan fingerprint density at radius 1 is 1.50 bits per heavy atom. The van der Waals surface area contributed by atoms with Crippen molar-refractivity contribution in [2.75, 3.05) is 0 Å². The Hall–Kier alpha value is -1.56. The third kappa shape index (κ3) is 6.24. The summed E-state index contributed by atoms with van der Waals surface area (Å²) in [6.07, 6.45) is 1.38. The summed E-state index contributed by atoms with van der Waals surface area (Å²) in [5.41, 5.74) is 0. The van der Waals surface area contributed by atoms with Gasteiger partial charge in [0.2, 0.25) is 0 Å². The molecule has 1 aromatic heterocycles. The Balaban J connectivity index is 2.13. The van der Waals surface area contributed by atoms with Gasteiger partial charge < -0.3 is 15.7 Å². The largest absolute Gasteiger partial charge is 0.481 e. The minimum Gasteiger partial charge on any atom is -0.481 e. The van der Waals surface area contributed by atoms with Crippen molar-refractivity contribution < 1.29 is 14.7 Å². The highest BCUT2D eigenvalue weighted by molar-refractivity contribution is 7.09. The van der Waals surface area contributed by atoms with Crippen LogP contribution in [0.15, 0.2) is 17.5 Å². The molecule has 2 amide bonds. The first kappa shape index (κ1) is 14.5. The van der Waals surface area contributed by atoms with Crippen molar-refractivity contribution in [1.82, 2.24) is 10.6 Å². The van der Waals surface area contributed by atoms with Crippen LogP contribution in [-0.2, 0) is 11.3 Å². The summed E-state index contributed by atoms with van der Waals surface area (Å²) in [4.78, 5) is 23.0. The number of carboxylic acid groups (broad SMARTS) is 1. The first-order valence-corrected chi connectivity index (χ1v) is 6.74. The van der Waals surface area contributed by atoms with Crippen LogP contribution in [0.5, 0.6) is 0 Å². The fourth-order valence-electron chi connectivity index (χ4n) is 1.49. The van der Waals surface area contributed by atoms with Gasteiger partial charge in [-0.25, -0.2) is 4.79 Å². The lowest BCUT2D eigenvalue weighted by Gasteiger charge is -2.13. The number of hydrogen-bond acceptors (Lipinski definition) is 3. The molecule has 0 saturated heterocycles. The number of carboxylic acids is 1. The van der Waals surface area contributed by atoms with Gasteiger partial charge in [0.05, 0.1) is 6.54 Å². The van der Waals surface area contributed by atoms with Crippen molar-refractivity contribution in [1.29, 1.82) is 0 Å². The van der Waals surface area contributed by atoms with Crippen LogP contribution in [0, 0.1) is 0 Å². The average molecular weight is 270 g/mol. The number of hydrogen-bond donors (Lipinski definition) is 3. The second kappa shape index (κ2) is 7.71. The lowest BCUT2D eigenvalue weighted by Crippen LogP contribution is -2.40. The van der Waals surface area contributed by atoms with E-state index in [9.17, 15) is 9.59 Å². The fraction of sp³-hybridized carbons (Fsp3) is 0.500. The maximum Gasteiger partial charge on any atom is 0.315 e. The Morgan fingerprint density at radius 2 is 2.28 bits per heavy atom. The van der Waals surface area contributed by atoms with E-state index in [1.807, 2.05) is 24.4 Å². The predicted octanol–water partition coefficient (Wildman–Crippen LogP) is 2.19. The summed E-state index contributed by atoms with van der Waals surface area (Å²) < 4.78 is 0. The second-order valence-corrected chi connectivity index (χ2v) is 5.13. The quantitative estimate of drug-likeness (QED) is 0.710. The van der Waals surface area contributed by atoms with Crippen LogP contribution in [0.2, 0.25) is 0 Å². The SMILES string of the molecule is CC(CCCC(=O)O)NC(=O)NCc1cccs1. The van der Waals surface area contributed by atoms with Gasteiger partial charge in [-0.15, -0.1) is 11.3 Å². The van der Waals surface area contributed by atoms with E-state index in [2.05, 4.69) is 10.6 Å². The van der Waals surface area contributed by atoms with Crippen LogP contribution in [-0.4, -0.2) is 23.1 Å². The molecule has 5 nitrogen and oxygen atoms in total. The van der Waals surface area contributed by atoms with Gasteiger partial charge in [-0.3, -0.25) is 4.79 Å². The van der Waals surface area contributed by atoms with Crippen molar-refractivity contribution in [3.8, 4) is 0 Å². The molecule has 1 heterocycles. The van der Waals surface area contributed by atoms with E-state index < -0.39 is 5.97 Å². The summed E-state index contributed by atoms with van der Waals surface area (Å²) in [5.74, 6) is -0.802. The van der Waals surface area contributed by atoms with E-state index in [0.29, 0.717) is 19.4 Å². The highest BCUT2D eigenvalue weighted by Crippen LogP contribution is 2.07. The highest BCUT2D eigenvalue weighted by Gasteiger charge is 2.07. The van der Waals surface area contributed by atoms with Gasteiger partial charge in [-0.2, -0.15) is 0 Å². The van der Waals surface area contributed by atoms with Crippen LogP contribution in [0.3, 0.4) is 0 Å². The van der Waals surface area contributed by atoms with Gasteiger partial charge in [0.25, 0.3) is 0 Å². The summed E-state index contributed by atoms with van der Waals surface area (Å²) in [7, 11) is 0. The van der Waals surface area contributed by atoms with E-state index in [4.69, 9.17) is 5.11 Å². The van der Waals surface area contributed by atoms with E-state index in [1.54, 1.807) is 11.3 Å². The Labute approximate surface area is 110 Å². The van der Waals surface area contributed by atoms with Crippen LogP contribution >= 0.6 is 11.3 Å². The normalized spacial score (nSPS) is 11.8. The van der Waals surface area contributed by atoms with Crippen LogP contribution in [0.4, 0.5) is 4.79 Å². The van der Waals surface area contributed by atoms with E-state index >= 15 is 0 Å². The summed E-state index contributed by atoms with van der Waals surface area (Å²) in [6.45, 7) is 2.39. The topological polar surface area (TPSA) is 78.4 Å². The number of nitrogens with one attached hydrogen (secondary N) is 2. The first-order valence-electron chi connectivity index (χ1n) is 5.86. The minimum atomic E-state index is -0.802. The molecule has 3 N–H and O–H groups in total. The van der Waals surface area contributed by atoms with E-state index in [0.717, 1.165) is 4.88 Å². The molecule has 0 aliphatic rings. The molecule has 1 aromatic rings. The molecule has 0 aliphatic carbocycles. The third-order valence-electron chi connectivity index (χ3n) is 2.41. The smallest absolute Gasteiger partial charge is 0.315 e.